The predicted molar refractivity (Wildman–Crippen MR) is 63.6 cm³/mol. The molecule has 1 atom stereocenters. The van der Waals surface area contributed by atoms with E-state index >= 15 is 0 Å². The molecule has 0 spiro atoms. The van der Waals surface area contributed by atoms with Crippen LogP contribution in [-0.2, 0) is 10.0 Å². The van der Waals surface area contributed by atoms with Crippen molar-refractivity contribution in [2.75, 3.05) is 4.72 Å². The molecule has 0 fully saturated rings. The smallest absolute Gasteiger partial charge is 0.249 e. The van der Waals surface area contributed by atoms with E-state index in [2.05, 4.69) is 0 Å². The van der Waals surface area contributed by atoms with Crippen molar-refractivity contribution in [3.05, 3.63) is 29.0 Å². The topological polar surface area (TPSA) is 70.0 Å². The van der Waals surface area contributed by atoms with Gasteiger partial charge in [-0.05, 0) is 18.6 Å². The Hall–Kier alpha value is -1.32. The minimum absolute atomic E-state index is 0.119. The molecule has 1 unspecified atom stereocenters. The third-order valence-electron chi connectivity index (χ3n) is 2.09. The second kappa shape index (κ2) is 5.34. The molecule has 7 heteroatoms. The highest BCUT2D eigenvalue weighted by molar-refractivity contribution is 7.93. The summed E-state index contributed by atoms with van der Waals surface area (Å²) in [5.74, 6) is -0.856. The zero-order chi connectivity index (χ0) is 13.1. The van der Waals surface area contributed by atoms with Crippen LogP contribution in [0, 0.1) is 17.1 Å². The molecule has 0 bridgehead atoms. The van der Waals surface area contributed by atoms with Crippen LogP contribution in [0.5, 0.6) is 0 Å². The average Bonchev–Trinajstić information content (AvgIpc) is 2.26. The first-order valence-electron chi connectivity index (χ1n) is 4.77. The van der Waals surface area contributed by atoms with E-state index in [4.69, 9.17) is 16.9 Å². The van der Waals surface area contributed by atoms with Gasteiger partial charge in [0.05, 0.1) is 16.8 Å². The predicted octanol–water partition coefficient (Wildman–Crippen LogP) is 2.52. The molecule has 4 nitrogen and oxygen atoms in total. The van der Waals surface area contributed by atoms with Crippen molar-refractivity contribution in [1.82, 2.24) is 0 Å². The minimum atomic E-state index is -3.92. The van der Waals surface area contributed by atoms with Crippen molar-refractivity contribution < 1.29 is 12.8 Å². The summed E-state index contributed by atoms with van der Waals surface area (Å²) in [5.41, 5.74) is -0.258. The second-order valence-corrected chi connectivity index (χ2v) is 5.54. The summed E-state index contributed by atoms with van der Waals surface area (Å²) >= 11 is 5.52. The molecule has 0 aromatic heterocycles. The van der Waals surface area contributed by atoms with Crippen LogP contribution in [0.15, 0.2) is 18.2 Å². The van der Waals surface area contributed by atoms with E-state index in [1.165, 1.54) is 18.2 Å². The van der Waals surface area contributed by atoms with Crippen molar-refractivity contribution in [3.63, 3.8) is 0 Å². The van der Waals surface area contributed by atoms with Gasteiger partial charge < -0.3 is 0 Å². The zero-order valence-electron chi connectivity index (χ0n) is 8.94. The van der Waals surface area contributed by atoms with Gasteiger partial charge in [0.15, 0.2) is 11.1 Å². The van der Waals surface area contributed by atoms with Gasteiger partial charge in [0.2, 0.25) is 10.0 Å². The van der Waals surface area contributed by atoms with Crippen LogP contribution in [0.4, 0.5) is 10.1 Å². The van der Waals surface area contributed by atoms with Crippen molar-refractivity contribution in [2.45, 2.75) is 18.6 Å². The second-order valence-electron chi connectivity index (χ2n) is 3.27. The third kappa shape index (κ3) is 3.08. The highest BCUT2D eigenvalue weighted by atomic mass is 35.5. The minimum Gasteiger partial charge on any atom is -0.279 e. The van der Waals surface area contributed by atoms with E-state index < -0.39 is 21.1 Å². The maximum Gasteiger partial charge on any atom is 0.249 e. The fourth-order valence-corrected chi connectivity index (χ4v) is 2.55. The lowest BCUT2D eigenvalue weighted by Gasteiger charge is -2.12. The molecule has 1 rings (SSSR count). The van der Waals surface area contributed by atoms with Crippen LogP contribution in [0.1, 0.15) is 13.3 Å². The standard InChI is InChI=1S/C10H10ClFN2O2S/c1-2-7(6-13)17(15,16)14-9-5-3-4-8(11)10(9)12/h3-5,7,14H,2H2,1H3. The summed E-state index contributed by atoms with van der Waals surface area (Å²) in [7, 11) is -3.92. The molecular formula is C10H10ClFN2O2S. The normalized spacial score (nSPS) is 12.8. The number of hydrogen-bond donors (Lipinski definition) is 1. The van der Waals surface area contributed by atoms with Gasteiger partial charge in [-0.2, -0.15) is 5.26 Å². The fraction of sp³-hybridized carbons (Fsp3) is 0.300. The quantitative estimate of drug-likeness (QED) is 0.919. The van der Waals surface area contributed by atoms with E-state index in [0.29, 0.717) is 0 Å². The van der Waals surface area contributed by atoms with E-state index in [1.807, 2.05) is 4.72 Å². The largest absolute Gasteiger partial charge is 0.279 e. The molecule has 0 saturated heterocycles. The first-order valence-corrected chi connectivity index (χ1v) is 6.70. The van der Waals surface area contributed by atoms with Crippen LogP contribution in [-0.4, -0.2) is 13.7 Å². The van der Waals surface area contributed by atoms with E-state index in [-0.39, 0.29) is 17.1 Å². The molecule has 0 amide bonds. The Labute approximate surface area is 104 Å². The monoisotopic (exact) mass is 276 g/mol. The Balaban J connectivity index is 3.07. The van der Waals surface area contributed by atoms with Gasteiger partial charge in [-0.15, -0.1) is 0 Å². The molecule has 0 aliphatic carbocycles. The van der Waals surface area contributed by atoms with Crippen LogP contribution in [0.2, 0.25) is 5.02 Å². The molecular weight excluding hydrogens is 267 g/mol. The highest BCUT2D eigenvalue weighted by Gasteiger charge is 2.24. The van der Waals surface area contributed by atoms with E-state index in [0.717, 1.165) is 0 Å². The summed E-state index contributed by atoms with van der Waals surface area (Å²) in [6, 6.07) is 5.59. The van der Waals surface area contributed by atoms with Gasteiger partial charge in [-0.3, -0.25) is 4.72 Å². The molecule has 0 aliphatic heterocycles. The zero-order valence-corrected chi connectivity index (χ0v) is 10.5. The summed E-state index contributed by atoms with van der Waals surface area (Å²) < 4.78 is 38.8. The summed E-state index contributed by atoms with van der Waals surface area (Å²) in [4.78, 5) is 0. The Morgan fingerprint density at radius 2 is 2.24 bits per heavy atom. The van der Waals surface area contributed by atoms with E-state index in [1.54, 1.807) is 13.0 Å². The van der Waals surface area contributed by atoms with E-state index in [9.17, 15) is 12.8 Å². The number of rotatable bonds is 4. The van der Waals surface area contributed by atoms with Crippen molar-refractivity contribution in [3.8, 4) is 6.07 Å². The maximum atomic E-state index is 13.5. The Morgan fingerprint density at radius 1 is 1.59 bits per heavy atom. The number of benzene rings is 1. The Morgan fingerprint density at radius 3 is 2.76 bits per heavy atom. The number of nitriles is 1. The lowest BCUT2D eigenvalue weighted by Crippen LogP contribution is -2.26. The van der Waals surface area contributed by atoms with Gasteiger partial charge in [0.1, 0.15) is 0 Å². The fourth-order valence-electron chi connectivity index (χ4n) is 1.19. The van der Waals surface area contributed by atoms with Crippen LogP contribution in [0.25, 0.3) is 0 Å². The first-order chi connectivity index (χ1) is 7.92. The molecule has 1 aromatic carbocycles. The number of halogens is 2. The summed E-state index contributed by atoms with van der Waals surface area (Å²) in [6.07, 6.45) is 0.119. The number of hydrogen-bond acceptors (Lipinski definition) is 3. The van der Waals surface area contributed by atoms with Crippen LogP contribution in [0.3, 0.4) is 0 Å². The third-order valence-corrected chi connectivity index (χ3v) is 4.08. The maximum absolute atomic E-state index is 13.5. The van der Waals surface area contributed by atoms with Crippen LogP contribution < -0.4 is 4.72 Å². The van der Waals surface area contributed by atoms with Gasteiger partial charge in [0.25, 0.3) is 0 Å². The molecule has 92 valence electrons. The summed E-state index contributed by atoms with van der Waals surface area (Å²) in [5, 5.41) is 7.27. The molecule has 17 heavy (non-hydrogen) atoms. The summed E-state index contributed by atoms with van der Waals surface area (Å²) in [6.45, 7) is 1.56. The number of nitrogens with one attached hydrogen (secondary N) is 1. The van der Waals surface area contributed by atoms with Gasteiger partial charge >= 0.3 is 0 Å². The molecule has 0 aliphatic rings. The van der Waals surface area contributed by atoms with Crippen LogP contribution >= 0.6 is 11.6 Å². The SMILES string of the molecule is CCC(C#N)S(=O)(=O)Nc1cccc(Cl)c1F. The molecule has 1 aromatic rings. The lowest BCUT2D eigenvalue weighted by atomic mass is 10.3. The number of sulfonamides is 1. The lowest BCUT2D eigenvalue weighted by molar-refractivity contribution is 0.590. The Bertz CT molecular complexity index is 554. The number of nitrogens with zero attached hydrogens (tertiary/aromatic N) is 1. The highest BCUT2D eigenvalue weighted by Crippen LogP contribution is 2.23. The average molecular weight is 277 g/mol. The number of anilines is 1. The molecule has 1 N–H and O–H groups in total. The first kappa shape index (κ1) is 13.7. The molecule has 0 heterocycles. The van der Waals surface area contributed by atoms with Crippen molar-refractivity contribution >= 4 is 27.3 Å². The molecule has 0 saturated carbocycles. The van der Waals surface area contributed by atoms with Gasteiger partial charge in [-0.25, -0.2) is 12.8 Å². The Kier molecular flexibility index (Phi) is 4.32. The molecule has 0 radical (unpaired) electrons. The van der Waals surface area contributed by atoms with Gasteiger partial charge in [-0.1, -0.05) is 24.6 Å². The van der Waals surface area contributed by atoms with Crippen molar-refractivity contribution in [2.24, 2.45) is 0 Å². The van der Waals surface area contributed by atoms with Crippen molar-refractivity contribution in [1.29, 1.82) is 5.26 Å². The van der Waals surface area contributed by atoms with Gasteiger partial charge in [0, 0.05) is 0 Å².